The third-order valence-corrected chi connectivity index (χ3v) is 4.62. The molecule has 0 saturated carbocycles. The Morgan fingerprint density at radius 1 is 1.00 bits per heavy atom. The summed E-state index contributed by atoms with van der Waals surface area (Å²) >= 11 is 0. The molecule has 8 heteroatoms. The van der Waals surface area contributed by atoms with Crippen molar-refractivity contribution in [1.82, 2.24) is 0 Å². The van der Waals surface area contributed by atoms with Crippen molar-refractivity contribution in [1.29, 1.82) is 0 Å². The molecule has 2 aromatic carbocycles. The fourth-order valence-electron chi connectivity index (χ4n) is 3.07. The van der Waals surface area contributed by atoms with E-state index in [4.69, 9.17) is 23.4 Å². The zero-order valence-electron chi connectivity index (χ0n) is 16.5. The molecule has 0 aliphatic rings. The van der Waals surface area contributed by atoms with E-state index in [1.807, 2.05) is 6.92 Å². The summed E-state index contributed by atoms with van der Waals surface area (Å²) < 4.78 is 22.1. The molecule has 158 valence electrons. The van der Waals surface area contributed by atoms with Crippen LogP contribution in [0.4, 0.5) is 0 Å². The van der Waals surface area contributed by atoms with Crippen LogP contribution in [0.1, 0.15) is 17.5 Å². The van der Waals surface area contributed by atoms with E-state index >= 15 is 0 Å². The molecule has 0 aliphatic heterocycles. The lowest BCUT2D eigenvalue weighted by Crippen LogP contribution is -2.17. The quantitative estimate of drug-likeness (QED) is 0.479. The number of carboxylic acids is 1. The van der Waals surface area contributed by atoms with Crippen LogP contribution in [0.2, 0.25) is 0 Å². The average molecular weight is 422 g/mol. The third-order valence-electron chi connectivity index (χ3n) is 4.62. The highest BCUT2D eigenvalue weighted by Gasteiger charge is 2.13. The number of fused-ring (bicyclic) bond motifs is 2. The van der Waals surface area contributed by atoms with Crippen molar-refractivity contribution < 1.29 is 28.2 Å². The molecule has 4 rings (SSSR count). The highest BCUT2D eigenvalue weighted by molar-refractivity contribution is 5.87. The average Bonchev–Trinajstić information content (AvgIpc) is 2.76. The summed E-state index contributed by atoms with van der Waals surface area (Å²) in [4.78, 5) is 35.3. The summed E-state index contributed by atoms with van der Waals surface area (Å²) in [7, 11) is 0. The summed E-state index contributed by atoms with van der Waals surface area (Å²) in [5, 5.41) is 9.60. The molecule has 2 heterocycles. The number of rotatable bonds is 7. The van der Waals surface area contributed by atoms with Crippen molar-refractivity contribution in [3.05, 3.63) is 81.0 Å². The van der Waals surface area contributed by atoms with Gasteiger partial charge in [0.25, 0.3) is 0 Å². The minimum absolute atomic E-state index is 0.0347. The first kappa shape index (κ1) is 20.2. The topological polar surface area (TPSA) is 116 Å². The monoisotopic (exact) mass is 422 g/mol. The summed E-state index contributed by atoms with van der Waals surface area (Å²) in [5.74, 6) is -0.874. The molecule has 2 aromatic heterocycles. The fraction of sp³-hybridized carbons (Fsp3) is 0.174. The Bertz CT molecular complexity index is 1380. The number of hydrogen-bond acceptors (Lipinski definition) is 7. The van der Waals surface area contributed by atoms with E-state index in [-0.39, 0.29) is 22.3 Å². The lowest BCUT2D eigenvalue weighted by Gasteiger charge is -2.15. The number of aromatic carboxylic acids is 1. The summed E-state index contributed by atoms with van der Waals surface area (Å²) in [6, 6.07) is 12.0. The molecule has 1 unspecified atom stereocenters. The molecule has 31 heavy (non-hydrogen) atoms. The van der Waals surface area contributed by atoms with E-state index in [0.29, 0.717) is 35.7 Å². The Labute approximate surface area is 175 Å². The van der Waals surface area contributed by atoms with Gasteiger partial charge in [-0.1, -0.05) is 13.0 Å². The summed E-state index contributed by atoms with van der Waals surface area (Å²) in [6.07, 6.45) is 1.34. The van der Waals surface area contributed by atoms with Gasteiger partial charge in [-0.25, -0.2) is 4.79 Å². The van der Waals surface area contributed by atoms with Crippen LogP contribution < -0.4 is 20.3 Å². The van der Waals surface area contributed by atoms with Gasteiger partial charge in [0.2, 0.25) is 5.76 Å². The summed E-state index contributed by atoms with van der Waals surface area (Å²) in [5.41, 5.74) is -0.0181. The lowest BCUT2D eigenvalue weighted by atomic mass is 10.2. The molecule has 0 radical (unpaired) electrons. The largest absolute Gasteiger partial charge is 0.493 e. The van der Waals surface area contributed by atoms with E-state index in [1.54, 1.807) is 24.3 Å². The molecule has 4 aromatic rings. The van der Waals surface area contributed by atoms with Crippen LogP contribution in [0.3, 0.4) is 0 Å². The minimum atomic E-state index is -1.31. The van der Waals surface area contributed by atoms with Gasteiger partial charge in [0.1, 0.15) is 28.1 Å². The number of carboxylic acid groups (broad SMARTS) is 1. The number of benzene rings is 2. The van der Waals surface area contributed by atoms with E-state index in [9.17, 15) is 14.4 Å². The van der Waals surface area contributed by atoms with Crippen molar-refractivity contribution in [2.24, 2.45) is 5.92 Å². The molecular weight excluding hydrogens is 404 g/mol. The fourth-order valence-corrected chi connectivity index (χ4v) is 3.07. The van der Waals surface area contributed by atoms with Crippen LogP contribution in [0.25, 0.3) is 21.9 Å². The first-order valence-corrected chi connectivity index (χ1v) is 9.49. The maximum atomic E-state index is 12.2. The highest BCUT2D eigenvalue weighted by Crippen LogP contribution is 2.23. The van der Waals surface area contributed by atoms with Gasteiger partial charge < -0.3 is 23.4 Å². The minimum Gasteiger partial charge on any atom is -0.493 e. The van der Waals surface area contributed by atoms with Crippen LogP contribution >= 0.6 is 0 Å². The van der Waals surface area contributed by atoms with Crippen LogP contribution in [-0.4, -0.2) is 24.3 Å². The van der Waals surface area contributed by atoms with Gasteiger partial charge >= 0.3 is 5.97 Å². The second kappa shape index (κ2) is 8.35. The molecule has 0 saturated heterocycles. The van der Waals surface area contributed by atoms with Crippen molar-refractivity contribution >= 4 is 27.9 Å². The van der Waals surface area contributed by atoms with Gasteiger partial charge in [-0.3, -0.25) is 9.59 Å². The molecule has 0 aliphatic carbocycles. The number of hydrogen-bond donors (Lipinski definition) is 1. The van der Waals surface area contributed by atoms with Gasteiger partial charge in [-0.15, -0.1) is 0 Å². The van der Waals surface area contributed by atoms with E-state index < -0.39 is 17.2 Å². The van der Waals surface area contributed by atoms with Gasteiger partial charge in [-0.05, 0) is 30.3 Å². The Hall–Kier alpha value is -4.07. The molecule has 1 N–H and O–H groups in total. The van der Waals surface area contributed by atoms with Crippen LogP contribution in [0, 0.1) is 5.92 Å². The highest BCUT2D eigenvalue weighted by atomic mass is 16.5. The first-order chi connectivity index (χ1) is 14.9. The van der Waals surface area contributed by atoms with E-state index in [2.05, 4.69) is 0 Å². The smallest absolute Gasteiger partial charge is 0.371 e. The first-order valence-electron chi connectivity index (χ1n) is 9.49. The Morgan fingerprint density at radius 2 is 1.81 bits per heavy atom. The van der Waals surface area contributed by atoms with E-state index in [0.717, 1.165) is 6.07 Å². The second-order valence-electron chi connectivity index (χ2n) is 7.08. The number of ether oxygens (including phenoxy) is 2. The number of carbonyl (C=O) groups is 1. The molecule has 0 bridgehead atoms. The lowest BCUT2D eigenvalue weighted by molar-refractivity contribution is 0.0663. The Kier molecular flexibility index (Phi) is 5.44. The SMILES string of the molecule is CC(COc1ccc2oc(C(=O)O)cc(=O)c2c1)COc1cccc2occc(=O)c12. The molecule has 8 nitrogen and oxygen atoms in total. The zero-order valence-corrected chi connectivity index (χ0v) is 16.5. The third kappa shape index (κ3) is 4.28. The Balaban J connectivity index is 1.43. The zero-order chi connectivity index (χ0) is 22.0. The van der Waals surface area contributed by atoms with Crippen molar-refractivity contribution in [2.75, 3.05) is 13.2 Å². The van der Waals surface area contributed by atoms with Crippen molar-refractivity contribution in [3.63, 3.8) is 0 Å². The van der Waals surface area contributed by atoms with Gasteiger partial charge in [0.15, 0.2) is 10.9 Å². The normalized spacial score (nSPS) is 12.0. The molecule has 0 fully saturated rings. The second-order valence-corrected chi connectivity index (χ2v) is 7.08. The van der Waals surface area contributed by atoms with Crippen LogP contribution in [0.5, 0.6) is 11.5 Å². The predicted octanol–water partition coefficient (Wildman–Crippen LogP) is 3.69. The van der Waals surface area contributed by atoms with Crippen LogP contribution in [0.15, 0.2) is 73.2 Å². The standard InChI is InChI=1S/C23H18O8/c1-13(12-30-20-4-2-3-19-22(20)16(24)7-8-28-19)11-29-14-5-6-18-15(9-14)17(25)10-21(31-18)23(26)27/h2-10,13H,11-12H2,1H3,(H,26,27). The van der Waals surface area contributed by atoms with E-state index in [1.165, 1.54) is 24.5 Å². The van der Waals surface area contributed by atoms with Crippen LogP contribution in [-0.2, 0) is 0 Å². The maximum absolute atomic E-state index is 12.2. The molecule has 0 spiro atoms. The van der Waals surface area contributed by atoms with Gasteiger partial charge in [0.05, 0.1) is 24.9 Å². The molecule has 1 atom stereocenters. The molecule has 0 amide bonds. The molecular formula is C23H18O8. The van der Waals surface area contributed by atoms with Gasteiger partial charge in [-0.2, -0.15) is 0 Å². The Morgan fingerprint density at radius 3 is 2.61 bits per heavy atom. The summed E-state index contributed by atoms with van der Waals surface area (Å²) in [6.45, 7) is 2.51. The van der Waals surface area contributed by atoms with Crippen molar-refractivity contribution in [2.45, 2.75) is 6.92 Å². The van der Waals surface area contributed by atoms with Crippen molar-refractivity contribution in [3.8, 4) is 11.5 Å². The maximum Gasteiger partial charge on any atom is 0.371 e. The predicted molar refractivity (Wildman–Crippen MR) is 112 cm³/mol. The van der Waals surface area contributed by atoms with Gasteiger partial charge in [0, 0.05) is 18.1 Å².